The van der Waals surface area contributed by atoms with E-state index in [4.69, 9.17) is 11.2 Å². The Morgan fingerprint density at radius 2 is 1.68 bits per heavy atom. The Bertz CT molecular complexity index is 688. The van der Waals surface area contributed by atoms with Gasteiger partial charge in [-0.25, -0.2) is 10.2 Å². The number of amides is 1. The molecule has 0 atom stereocenters. The van der Waals surface area contributed by atoms with Crippen LogP contribution < -0.4 is 10.9 Å². The predicted octanol–water partition coefficient (Wildman–Crippen LogP) is 2.66. The van der Waals surface area contributed by atoms with Crippen molar-refractivity contribution in [1.29, 1.82) is 0 Å². The highest BCUT2D eigenvalue weighted by molar-refractivity contribution is 5.79. The average Bonchev–Trinajstić information content (AvgIpc) is 2.87. The van der Waals surface area contributed by atoms with Crippen molar-refractivity contribution < 1.29 is 9.53 Å². The molecule has 4 nitrogen and oxygen atoms in total. The number of fused-ring (bicyclic) bond motifs is 3. The number of ether oxygens (including phenoxy) is 1. The van der Waals surface area contributed by atoms with Gasteiger partial charge in [-0.3, -0.25) is 5.43 Å². The van der Waals surface area contributed by atoms with Crippen molar-refractivity contribution in [2.45, 2.75) is 5.92 Å². The van der Waals surface area contributed by atoms with E-state index in [0.29, 0.717) is 0 Å². The number of hydrazine groups is 1. The Labute approximate surface area is 129 Å². The first-order chi connectivity index (χ1) is 10.8. The maximum atomic E-state index is 11.6. The third kappa shape index (κ3) is 2.67. The van der Waals surface area contributed by atoms with Crippen LogP contribution in [0.1, 0.15) is 17.0 Å². The number of rotatable bonds is 4. The zero-order chi connectivity index (χ0) is 15.4. The molecule has 22 heavy (non-hydrogen) atoms. The van der Waals surface area contributed by atoms with Gasteiger partial charge in [-0.05, 0) is 22.3 Å². The topological polar surface area (TPSA) is 50.4 Å². The van der Waals surface area contributed by atoms with E-state index >= 15 is 0 Å². The summed E-state index contributed by atoms with van der Waals surface area (Å²) in [4.78, 5) is 11.6. The number of terminal acetylenes is 1. The molecule has 0 unspecified atom stereocenters. The molecule has 1 aliphatic rings. The summed E-state index contributed by atoms with van der Waals surface area (Å²) in [7, 11) is 0. The van der Waals surface area contributed by atoms with Crippen LogP contribution in [-0.4, -0.2) is 19.2 Å². The van der Waals surface area contributed by atoms with Gasteiger partial charge in [0.1, 0.15) is 6.61 Å². The zero-order valence-corrected chi connectivity index (χ0v) is 12.0. The normalized spacial score (nSPS) is 12.1. The molecule has 0 radical (unpaired) electrons. The van der Waals surface area contributed by atoms with Crippen LogP contribution in [0.25, 0.3) is 11.1 Å². The number of nitrogens with one attached hydrogen (secondary N) is 2. The molecule has 2 aromatic carbocycles. The quantitative estimate of drug-likeness (QED) is 0.517. The fraction of sp³-hybridized carbons (Fsp3) is 0.167. The first-order valence-electron chi connectivity index (χ1n) is 7.08. The Kier molecular flexibility index (Phi) is 4.08. The molecule has 0 aromatic heterocycles. The van der Waals surface area contributed by atoms with E-state index in [1.54, 1.807) is 0 Å². The second-order valence-corrected chi connectivity index (χ2v) is 5.01. The van der Waals surface area contributed by atoms with E-state index in [-0.39, 0.29) is 19.1 Å². The summed E-state index contributed by atoms with van der Waals surface area (Å²) in [5, 5.41) is 0. The van der Waals surface area contributed by atoms with E-state index in [1.807, 2.05) is 24.3 Å². The van der Waals surface area contributed by atoms with Crippen molar-refractivity contribution in [3.63, 3.8) is 0 Å². The minimum Gasteiger partial charge on any atom is -0.448 e. The van der Waals surface area contributed by atoms with Crippen molar-refractivity contribution >= 4 is 6.09 Å². The van der Waals surface area contributed by atoms with Gasteiger partial charge in [-0.2, -0.15) is 0 Å². The van der Waals surface area contributed by atoms with Crippen molar-refractivity contribution in [1.82, 2.24) is 10.9 Å². The molecule has 2 N–H and O–H groups in total. The minimum absolute atomic E-state index is 0.0609. The number of hydrogen-bond donors (Lipinski definition) is 2. The van der Waals surface area contributed by atoms with E-state index in [9.17, 15) is 4.79 Å². The first kappa shape index (κ1) is 14.2. The molecule has 0 saturated carbocycles. The van der Waals surface area contributed by atoms with Crippen molar-refractivity contribution in [2.75, 3.05) is 13.2 Å². The molecule has 0 bridgehead atoms. The third-order valence-corrected chi connectivity index (χ3v) is 3.72. The Hall–Kier alpha value is -2.77. The molecule has 0 spiro atoms. The molecule has 3 rings (SSSR count). The number of hydrogen-bond acceptors (Lipinski definition) is 3. The standard InChI is InChI=1S/C18H16N2O2/c1-2-11-19-20-18(21)22-12-17-15-9-5-3-7-13(15)14-8-4-6-10-16(14)17/h1,3-10,17,19H,11-12H2,(H,20,21). The fourth-order valence-corrected chi connectivity index (χ4v) is 2.80. The monoisotopic (exact) mass is 292 g/mol. The predicted molar refractivity (Wildman–Crippen MR) is 85.0 cm³/mol. The first-order valence-corrected chi connectivity index (χ1v) is 7.08. The molecule has 0 aliphatic heterocycles. The summed E-state index contributed by atoms with van der Waals surface area (Å²) >= 11 is 0. The summed E-state index contributed by atoms with van der Waals surface area (Å²) in [5.74, 6) is 2.43. The van der Waals surface area contributed by atoms with E-state index < -0.39 is 6.09 Å². The van der Waals surface area contributed by atoms with Gasteiger partial charge in [0.25, 0.3) is 0 Å². The molecule has 0 heterocycles. The third-order valence-electron chi connectivity index (χ3n) is 3.72. The lowest BCUT2D eigenvalue weighted by molar-refractivity contribution is 0.139. The summed E-state index contributed by atoms with van der Waals surface area (Å²) in [6.45, 7) is 0.543. The SMILES string of the molecule is C#CCNNC(=O)OCC1c2ccccc2-c2ccccc21. The second-order valence-electron chi connectivity index (χ2n) is 5.01. The van der Waals surface area contributed by atoms with Crippen LogP contribution in [0.4, 0.5) is 4.79 Å². The average molecular weight is 292 g/mol. The lowest BCUT2D eigenvalue weighted by Gasteiger charge is -2.14. The van der Waals surface area contributed by atoms with Gasteiger partial charge in [-0.15, -0.1) is 6.42 Å². The van der Waals surface area contributed by atoms with E-state index in [0.717, 1.165) is 0 Å². The summed E-state index contributed by atoms with van der Waals surface area (Å²) in [5.41, 5.74) is 9.78. The maximum Gasteiger partial charge on any atom is 0.421 e. The van der Waals surface area contributed by atoms with Gasteiger partial charge in [0.15, 0.2) is 0 Å². The molecular formula is C18H16N2O2. The van der Waals surface area contributed by atoms with Crippen LogP contribution in [0, 0.1) is 12.3 Å². The van der Waals surface area contributed by atoms with Crippen molar-refractivity contribution in [3.05, 3.63) is 59.7 Å². The van der Waals surface area contributed by atoms with Crippen LogP contribution in [-0.2, 0) is 4.74 Å². The largest absolute Gasteiger partial charge is 0.448 e. The smallest absolute Gasteiger partial charge is 0.421 e. The summed E-state index contributed by atoms with van der Waals surface area (Å²) < 4.78 is 5.31. The van der Waals surface area contributed by atoms with E-state index in [1.165, 1.54) is 22.3 Å². The zero-order valence-electron chi connectivity index (χ0n) is 12.0. The van der Waals surface area contributed by atoms with Gasteiger partial charge in [-0.1, -0.05) is 54.5 Å². The summed E-state index contributed by atoms with van der Waals surface area (Å²) in [6, 6.07) is 16.4. The molecule has 4 heteroatoms. The lowest BCUT2D eigenvalue weighted by atomic mass is 9.98. The van der Waals surface area contributed by atoms with Crippen molar-refractivity contribution in [3.8, 4) is 23.5 Å². The maximum absolute atomic E-state index is 11.6. The fourth-order valence-electron chi connectivity index (χ4n) is 2.80. The number of benzene rings is 2. The Morgan fingerprint density at radius 1 is 1.09 bits per heavy atom. The van der Waals surface area contributed by atoms with Gasteiger partial charge >= 0.3 is 6.09 Å². The second kappa shape index (κ2) is 6.33. The van der Waals surface area contributed by atoms with Gasteiger partial charge < -0.3 is 4.74 Å². The molecule has 110 valence electrons. The van der Waals surface area contributed by atoms with Crippen LogP contribution in [0.2, 0.25) is 0 Å². The minimum atomic E-state index is -0.530. The molecule has 1 amide bonds. The Morgan fingerprint density at radius 3 is 2.27 bits per heavy atom. The van der Waals surface area contributed by atoms with Crippen LogP contribution in [0.15, 0.2) is 48.5 Å². The summed E-state index contributed by atoms with van der Waals surface area (Å²) in [6.07, 6.45) is 4.56. The number of carbonyl (C=O) groups is 1. The van der Waals surface area contributed by atoms with Crippen LogP contribution >= 0.6 is 0 Å². The van der Waals surface area contributed by atoms with Gasteiger partial charge in [0, 0.05) is 5.92 Å². The highest BCUT2D eigenvalue weighted by atomic mass is 16.6. The molecule has 1 aliphatic carbocycles. The van der Waals surface area contributed by atoms with Crippen LogP contribution in [0.3, 0.4) is 0 Å². The van der Waals surface area contributed by atoms with Crippen LogP contribution in [0.5, 0.6) is 0 Å². The molecule has 0 fully saturated rings. The lowest BCUT2D eigenvalue weighted by Crippen LogP contribution is -2.38. The highest BCUT2D eigenvalue weighted by Crippen LogP contribution is 2.44. The van der Waals surface area contributed by atoms with Crippen molar-refractivity contribution in [2.24, 2.45) is 0 Å². The Balaban J connectivity index is 1.74. The molecule has 2 aromatic rings. The molecule has 0 saturated heterocycles. The van der Waals surface area contributed by atoms with Gasteiger partial charge in [0.2, 0.25) is 0 Å². The van der Waals surface area contributed by atoms with Gasteiger partial charge in [0.05, 0.1) is 6.54 Å². The highest BCUT2D eigenvalue weighted by Gasteiger charge is 2.28. The van der Waals surface area contributed by atoms with E-state index in [2.05, 4.69) is 41.0 Å². The molecular weight excluding hydrogens is 276 g/mol. The number of carbonyl (C=O) groups excluding carboxylic acids is 1.